The molecule has 0 bridgehead atoms. The Labute approximate surface area is 218 Å². The summed E-state index contributed by atoms with van der Waals surface area (Å²) in [5.41, 5.74) is 1.04. The average molecular weight is 540 g/mol. The number of para-hydroxylation sites is 1. The van der Waals surface area contributed by atoms with Crippen molar-refractivity contribution < 1.29 is 22.6 Å². The van der Waals surface area contributed by atoms with E-state index in [-0.39, 0.29) is 23.2 Å². The molecule has 0 spiro atoms. The summed E-state index contributed by atoms with van der Waals surface area (Å²) in [4.78, 5) is 8.18. The first-order chi connectivity index (χ1) is 18.2. The zero-order valence-corrected chi connectivity index (χ0v) is 22.0. The van der Waals surface area contributed by atoms with Gasteiger partial charge in [0.15, 0.2) is 11.6 Å². The van der Waals surface area contributed by atoms with Gasteiger partial charge >= 0.3 is 0 Å². The van der Waals surface area contributed by atoms with E-state index < -0.39 is 21.4 Å². The number of aromatic nitrogens is 7. The second-order valence-electron chi connectivity index (χ2n) is 8.02. The maximum atomic E-state index is 13.6. The van der Waals surface area contributed by atoms with Crippen LogP contribution in [0.4, 0.5) is 5.95 Å². The zero-order valence-electron chi connectivity index (χ0n) is 21.2. The van der Waals surface area contributed by atoms with Gasteiger partial charge in [0.1, 0.15) is 40.3 Å². The molecule has 2 atom stereocenters. The summed E-state index contributed by atoms with van der Waals surface area (Å²) in [5.74, 6) is 0.992. The van der Waals surface area contributed by atoms with Crippen LogP contribution in [0, 0.1) is 11.3 Å². The highest BCUT2D eigenvalue weighted by Crippen LogP contribution is 2.37. The van der Waals surface area contributed by atoms with Crippen molar-refractivity contribution in [3.8, 4) is 34.8 Å². The van der Waals surface area contributed by atoms with Gasteiger partial charge in [0.25, 0.3) is 0 Å². The first kappa shape index (κ1) is 26.5. The highest BCUT2D eigenvalue weighted by molar-refractivity contribution is 7.93. The number of hydrogen-bond donors (Lipinski definition) is 1. The Bertz CT molecular complexity index is 1550. The van der Waals surface area contributed by atoms with Crippen molar-refractivity contribution in [2.45, 2.75) is 18.3 Å². The van der Waals surface area contributed by atoms with Gasteiger partial charge in [-0.05, 0) is 25.1 Å². The standard InChI is InChI=1S/C23H25N9O5S/c1-14(20(37-5)21-25-12-15(11-24)13-26-21)38(33,34)30-23-28-27-22(16-9-10-31(2)29-16)32(23)19-17(35-3)7-6-8-18(19)36-4/h6-10,12-14,20H,1-5H3,(H,28,30)/t14-,20-/m0/s1. The van der Waals surface area contributed by atoms with E-state index in [4.69, 9.17) is 19.5 Å². The van der Waals surface area contributed by atoms with Crippen LogP contribution in [0.1, 0.15) is 24.4 Å². The average Bonchev–Trinajstić information content (AvgIpc) is 3.54. The number of sulfonamides is 1. The van der Waals surface area contributed by atoms with Crippen molar-refractivity contribution in [1.29, 1.82) is 5.26 Å². The largest absolute Gasteiger partial charge is 0.494 e. The lowest BCUT2D eigenvalue weighted by molar-refractivity contribution is 0.0950. The van der Waals surface area contributed by atoms with Crippen LogP contribution in [0.3, 0.4) is 0 Å². The van der Waals surface area contributed by atoms with Gasteiger partial charge in [-0.3, -0.25) is 14.0 Å². The third kappa shape index (κ3) is 4.99. The SMILES string of the molecule is COc1cccc(OC)c1-n1c(NS(=O)(=O)[C@@H](C)[C@H](OC)c2ncc(C#N)cn2)nnc1-c1ccn(C)n1. The minimum Gasteiger partial charge on any atom is -0.494 e. The molecule has 4 aromatic rings. The summed E-state index contributed by atoms with van der Waals surface area (Å²) in [6.45, 7) is 1.45. The Balaban J connectivity index is 1.81. The summed E-state index contributed by atoms with van der Waals surface area (Å²) in [6.07, 6.45) is 3.27. The number of anilines is 1. The molecule has 198 valence electrons. The molecule has 3 aromatic heterocycles. The van der Waals surface area contributed by atoms with Crippen LogP contribution in [0.25, 0.3) is 17.2 Å². The number of benzene rings is 1. The van der Waals surface area contributed by atoms with Gasteiger partial charge in [-0.15, -0.1) is 10.2 Å². The molecular formula is C23H25N9O5S. The van der Waals surface area contributed by atoms with Crippen LogP contribution in [0.15, 0.2) is 42.9 Å². The van der Waals surface area contributed by atoms with E-state index in [1.165, 1.54) is 45.2 Å². The molecule has 0 aliphatic rings. The number of nitrogens with zero attached hydrogens (tertiary/aromatic N) is 8. The highest BCUT2D eigenvalue weighted by atomic mass is 32.2. The summed E-state index contributed by atoms with van der Waals surface area (Å²) in [7, 11) is 1.88. The summed E-state index contributed by atoms with van der Waals surface area (Å²) in [5, 5.41) is 20.6. The fraction of sp³-hybridized carbons (Fsp3) is 0.304. The molecule has 0 unspecified atom stereocenters. The molecule has 0 amide bonds. The normalized spacial score (nSPS) is 12.9. The topological polar surface area (TPSA) is 172 Å². The van der Waals surface area contributed by atoms with E-state index in [2.05, 4.69) is 30.0 Å². The van der Waals surface area contributed by atoms with Gasteiger partial charge in [0.05, 0.1) is 19.8 Å². The molecule has 3 heterocycles. The number of methoxy groups -OCH3 is 3. The number of ether oxygens (including phenoxy) is 3. The van der Waals surface area contributed by atoms with Gasteiger partial charge < -0.3 is 14.2 Å². The smallest absolute Gasteiger partial charge is 0.243 e. The van der Waals surface area contributed by atoms with Crippen molar-refractivity contribution in [2.75, 3.05) is 26.1 Å². The highest BCUT2D eigenvalue weighted by Gasteiger charge is 2.35. The molecule has 0 aliphatic carbocycles. The molecule has 0 aliphatic heterocycles. The molecule has 0 radical (unpaired) electrons. The molecular weight excluding hydrogens is 514 g/mol. The Morgan fingerprint density at radius 3 is 2.24 bits per heavy atom. The minimum atomic E-state index is -4.17. The lowest BCUT2D eigenvalue weighted by atomic mass is 10.2. The van der Waals surface area contributed by atoms with Crippen LogP contribution >= 0.6 is 0 Å². The first-order valence-corrected chi connectivity index (χ1v) is 12.7. The Morgan fingerprint density at radius 1 is 1.05 bits per heavy atom. The number of aryl methyl sites for hydroxylation is 1. The van der Waals surface area contributed by atoms with Crippen molar-refractivity contribution in [3.63, 3.8) is 0 Å². The molecule has 14 nitrogen and oxygen atoms in total. The van der Waals surface area contributed by atoms with E-state index in [0.29, 0.717) is 22.9 Å². The Hall–Kier alpha value is -4.55. The molecule has 38 heavy (non-hydrogen) atoms. The van der Waals surface area contributed by atoms with Crippen molar-refractivity contribution in [1.82, 2.24) is 34.5 Å². The Kier molecular flexibility index (Phi) is 7.55. The monoisotopic (exact) mass is 539 g/mol. The van der Waals surface area contributed by atoms with Crippen LogP contribution in [0.5, 0.6) is 11.5 Å². The van der Waals surface area contributed by atoms with Gasteiger partial charge in [-0.25, -0.2) is 18.4 Å². The zero-order chi connectivity index (χ0) is 27.4. The summed E-state index contributed by atoms with van der Waals surface area (Å²) in [6, 6.07) is 8.77. The van der Waals surface area contributed by atoms with Crippen molar-refractivity contribution in [2.24, 2.45) is 7.05 Å². The lowest BCUT2D eigenvalue weighted by Crippen LogP contribution is -2.33. The maximum absolute atomic E-state index is 13.6. The molecule has 0 saturated heterocycles. The van der Waals surface area contributed by atoms with Crippen LogP contribution in [0.2, 0.25) is 0 Å². The van der Waals surface area contributed by atoms with Crippen LogP contribution in [-0.4, -0.2) is 69.5 Å². The van der Waals surface area contributed by atoms with E-state index in [1.54, 1.807) is 42.2 Å². The molecule has 1 N–H and O–H groups in total. The van der Waals surface area contributed by atoms with Gasteiger partial charge in [-0.1, -0.05) is 6.07 Å². The molecule has 0 fully saturated rings. The van der Waals surface area contributed by atoms with E-state index in [0.717, 1.165) is 0 Å². The molecule has 15 heteroatoms. The minimum absolute atomic E-state index is 0.103. The summed E-state index contributed by atoms with van der Waals surface area (Å²) >= 11 is 0. The number of nitrogens with one attached hydrogen (secondary N) is 1. The number of rotatable bonds is 10. The predicted octanol–water partition coefficient (Wildman–Crippen LogP) is 1.86. The second-order valence-corrected chi connectivity index (χ2v) is 10.1. The fourth-order valence-electron chi connectivity index (χ4n) is 3.75. The maximum Gasteiger partial charge on any atom is 0.243 e. The van der Waals surface area contributed by atoms with E-state index >= 15 is 0 Å². The second kappa shape index (κ2) is 10.8. The third-order valence-corrected chi connectivity index (χ3v) is 7.38. The van der Waals surface area contributed by atoms with Gasteiger partial charge in [0, 0.05) is 32.7 Å². The van der Waals surface area contributed by atoms with E-state index in [1.807, 2.05) is 6.07 Å². The lowest BCUT2D eigenvalue weighted by Gasteiger charge is -2.22. The number of hydrogen-bond acceptors (Lipinski definition) is 11. The number of nitriles is 1. The fourth-order valence-corrected chi connectivity index (χ4v) is 4.88. The first-order valence-electron chi connectivity index (χ1n) is 11.2. The van der Waals surface area contributed by atoms with Crippen LogP contribution < -0.4 is 14.2 Å². The third-order valence-electron chi connectivity index (χ3n) is 5.69. The summed E-state index contributed by atoms with van der Waals surface area (Å²) < 4.78 is 49.3. The molecule has 4 rings (SSSR count). The van der Waals surface area contributed by atoms with E-state index in [9.17, 15) is 8.42 Å². The van der Waals surface area contributed by atoms with Crippen molar-refractivity contribution in [3.05, 3.63) is 54.2 Å². The van der Waals surface area contributed by atoms with Crippen LogP contribution in [-0.2, 0) is 21.8 Å². The van der Waals surface area contributed by atoms with Gasteiger partial charge in [0.2, 0.25) is 16.0 Å². The predicted molar refractivity (Wildman–Crippen MR) is 135 cm³/mol. The molecule has 0 saturated carbocycles. The van der Waals surface area contributed by atoms with Crippen molar-refractivity contribution >= 4 is 16.0 Å². The Morgan fingerprint density at radius 2 is 1.71 bits per heavy atom. The van der Waals surface area contributed by atoms with Gasteiger partial charge in [-0.2, -0.15) is 10.4 Å². The molecule has 1 aromatic carbocycles. The quantitative estimate of drug-likeness (QED) is 0.312.